The van der Waals surface area contributed by atoms with Crippen molar-refractivity contribution < 1.29 is 9.90 Å². The third-order valence-corrected chi connectivity index (χ3v) is 2.97. The van der Waals surface area contributed by atoms with E-state index in [1.54, 1.807) is 6.92 Å². The van der Waals surface area contributed by atoms with E-state index in [4.69, 9.17) is 5.11 Å². The van der Waals surface area contributed by atoms with Gasteiger partial charge in [-0.3, -0.25) is 0 Å². The highest BCUT2D eigenvalue weighted by Crippen LogP contribution is 2.29. The number of aromatic nitrogens is 1. The summed E-state index contributed by atoms with van der Waals surface area (Å²) in [5.41, 5.74) is 0.598. The van der Waals surface area contributed by atoms with Crippen LogP contribution in [0.4, 0.5) is 5.13 Å². The van der Waals surface area contributed by atoms with Crippen LogP contribution < -0.4 is 5.32 Å². The van der Waals surface area contributed by atoms with E-state index in [0.29, 0.717) is 16.6 Å². The molecule has 0 bridgehead atoms. The van der Waals surface area contributed by atoms with Crippen molar-refractivity contribution in [1.82, 2.24) is 4.98 Å². The summed E-state index contributed by atoms with van der Waals surface area (Å²) in [6.45, 7) is 1.72. The van der Waals surface area contributed by atoms with Gasteiger partial charge in [-0.05, 0) is 19.8 Å². The molecule has 4 nitrogen and oxygen atoms in total. The van der Waals surface area contributed by atoms with Crippen molar-refractivity contribution in [1.29, 1.82) is 0 Å². The van der Waals surface area contributed by atoms with Crippen molar-refractivity contribution in [3.05, 3.63) is 10.6 Å². The molecule has 1 aromatic heterocycles. The van der Waals surface area contributed by atoms with Gasteiger partial charge in [-0.1, -0.05) is 11.3 Å². The smallest absolute Gasteiger partial charge is 0.347 e. The Bertz CT molecular complexity index is 349. The molecule has 0 aromatic carbocycles. The maximum atomic E-state index is 10.7. The van der Waals surface area contributed by atoms with E-state index in [1.165, 1.54) is 24.2 Å². The van der Waals surface area contributed by atoms with E-state index in [9.17, 15) is 4.79 Å². The maximum absolute atomic E-state index is 10.7. The van der Waals surface area contributed by atoms with E-state index >= 15 is 0 Å². The van der Waals surface area contributed by atoms with Gasteiger partial charge < -0.3 is 10.4 Å². The molecule has 2 N–H and O–H groups in total. The highest BCUT2D eigenvalue weighted by molar-refractivity contribution is 7.17. The Balaban J connectivity index is 0.000000980. The molecular weight excluding hydrogens is 224 g/mol. The fraction of sp³-hybridized carbons (Fsp3) is 0.500. The highest BCUT2D eigenvalue weighted by atomic mass is 35.5. The summed E-state index contributed by atoms with van der Waals surface area (Å²) in [4.78, 5) is 15.2. The van der Waals surface area contributed by atoms with Crippen LogP contribution in [0.25, 0.3) is 0 Å². The number of carbonyl (C=O) groups is 1. The predicted octanol–water partition coefficient (Wildman–Crippen LogP) is 2.15. The first-order chi connectivity index (χ1) is 6.16. The van der Waals surface area contributed by atoms with Gasteiger partial charge in [0.15, 0.2) is 5.13 Å². The molecule has 1 aliphatic rings. The van der Waals surface area contributed by atoms with E-state index in [1.807, 2.05) is 0 Å². The maximum Gasteiger partial charge on any atom is 0.347 e. The summed E-state index contributed by atoms with van der Waals surface area (Å²) in [6, 6.07) is 0.521. The van der Waals surface area contributed by atoms with Crippen molar-refractivity contribution >= 4 is 34.8 Å². The molecule has 2 rings (SSSR count). The molecule has 0 aliphatic heterocycles. The fourth-order valence-electron chi connectivity index (χ4n) is 1.06. The Morgan fingerprint density at radius 2 is 2.29 bits per heavy atom. The zero-order chi connectivity index (χ0) is 9.42. The number of carboxylic acids is 1. The highest BCUT2D eigenvalue weighted by Gasteiger charge is 2.23. The monoisotopic (exact) mass is 234 g/mol. The first-order valence-electron chi connectivity index (χ1n) is 4.14. The SMILES string of the molecule is Cc1nc(NC2CC2)sc1C(=O)O.Cl. The first-order valence-corrected chi connectivity index (χ1v) is 4.95. The zero-order valence-electron chi connectivity index (χ0n) is 7.61. The molecule has 0 saturated heterocycles. The van der Waals surface area contributed by atoms with Gasteiger partial charge in [-0.15, -0.1) is 12.4 Å². The van der Waals surface area contributed by atoms with Crippen LogP contribution in [0.15, 0.2) is 0 Å². The zero-order valence-corrected chi connectivity index (χ0v) is 9.24. The van der Waals surface area contributed by atoms with E-state index < -0.39 is 5.97 Å². The van der Waals surface area contributed by atoms with Crippen molar-refractivity contribution in [3.63, 3.8) is 0 Å². The number of aryl methyl sites for hydroxylation is 1. The van der Waals surface area contributed by atoms with Crippen LogP contribution in [-0.4, -0.2) is 22.1 Å². The van der Waals surface area contributed by atoms with Gasteiger partial charge in [0.2, 0.25) is 0 Å². The standard InChI is InChI=1S/C8H10N2O2S.ClH/c1-4-6(7(11)12)13-8(9-4)10-5-2-3-5;/h5H,2-3H2,1H3,(H,9,10)(H,11,12);1H. The Kier molecular flexibility index (Phi) is 3.34. The van der Waals surface area contributed by atoms with Crippen LogP contribution >= 0.6 is 23.7 Å². The molecule has 1 aromatic rings. The van der Waals surface area contributed by atoms with E-state index in [0.717, 1.165) is 5.13 Å². The first kappa shape index (κ1) is 11.3. The van der Waals surface area contributed by atoms with Gasteiger partial charge in [0.05, 0.1) is 5.69 Å². The van der Waals surface area contributed by atoms with Crippen LogP contribution in [0.5, 0.6) is 0 Å². The third kappa shape index (κ3) is 2.36. The third-order valence-electron chi connectivity index (χ3n) is 1.90. The number of hydrogen-bond donors (Lipinski definition) is 2. The Labute approximate surface area is 91.8 Å². The average Bonchev–Trinajstić information content (AvgIpc) is 2.75. The summed E-state index contributed by atoms with van der Waals surface area (Å²) in [6.07, 6.45) is 2.34. The summed E-state index contributed by atoms with van der Waals surface area (Å²) in [5.74, 6) is -0.890. The number of rotatable bonds is 3. The quantitative estimate of drug-likeness (QED) is 0.841. The largest absolute Gasteiger partial charge is 0.477 e. The lowest BCUT2D eigenvalue weighted by atomic mass is 10.4. The van der Waals surface area contributed by atoms with Crippen LogP contribution in [0.2, 0.25) is 0 Å². The Hall–Kier alpha value is -0.810. The molecule has 0 spiro atoms. The number of halogens is 1. The second kappa shape index (κ2) is 4.14. The summed E-state index contributed by atoms with van der Waals surface area (Å²) in [7, 11) is 0. The molecule has 1 heterocycles. The Morgan fingerprint density at radius 1 is 1.64 bits per heavy atom. The lowest BCUT2D eigenvalue weighted by molar-refractivity contribution is 0.0701. The van der Waals surface area contributed by atoms with Crippen molar-refractivity contribution in [3.8, 4) is 0 Å². The van der Waals surface area contributed by atoms with Gasteiger partial charge in [0.1, 0.15) is 4.88 Å². The van der Waals surface area contributed by atoms with Crippen LogP contribution in [0, 0.1) is 6.92 Å². The molecule has 0 amide bonds. The topological polar surface area (TPSA) is 62.2 Å². The van der Waals surface area contributed by atoms with Crippen LogP contribution in [0.3, 0.4) is 0 Å². The number of anilines is 1. The summed E-state index contributed by atoms with van der Waals surface area (Å²) in [5, 5.41) is 12.7. The number of thiazole rings is 1. The van der Waals surface area contributed by atoms with Crippen LogP contribution in [-0.2, 0) is 0 Å². The molecule has 78 valence electrons. The minimum Gasteiger partial charge on any atom is -0.477 e. The van der Waals surface area contributed by atoms with Crippen molar-refractivity contribution in [2.24, 2.45) is 0 Å². The van der Waals surface area contributed by atoms with Gasteiger partial charge in [0, 0.05) is 6.04 Å². The normalized spacial score (nSPS) is 14.6. The van der Waals surface area contributed by atoms with E-state index in [2.05, 4.69) is 10.3 Å². The van der Waals surface area contributed by atoms with E-state index in [-0.39, 0.29) is 12.4 Å². The Morgan fingerprint density at radius 3 is 2.71 bits per heavy atom. The number of carboxylic acid groups (broad SMARTS) is 1. The van der Waals surface area contributed by atoms with Gasteiger partial charge in [-0.2, -0.15) is 0 Å². The lowest BCUT2D eigenvalue weighted by Crippen LogP contribution is -1.99. The number of aromatic carboxylic acids is 1. The number of nitrogens with one attached hydrogen (secondary N) is 1. The summed E-state index contributed by atoms with van der Waals surface area (Å²) < 4.78 is 0. The molecule has 1 aliphatic carbocycles. The molecule has 14 heavy (non-hydrogen) atoms. The molecule has 0 radical (unpaired) electrons. The average molecular weight is 235 g/mol. The second-order valence-corrected chi connectivity index (χ2v) is 4.16. The summed E-state index contributed by atoms with van der Waals surface area (Å²) >= 11 is 1.21. The van der Waals surface area contributed by atoms with Gasteiger partial charge >= 0.3 is 5.97 Å². The fourth-order valence-corrected chi connectivity index (χ4v) is 1.94. The minimum absolute atomic E-state index is 0. The van der Waals surface area contributed by atoms with Crippen molar-refractivity contribution in [2.75, 3.05) is 5.32 Å². The minimum atomic E-state index is -0.890. The molecule has 1 saturated carbocycles. The lowest BCUT2D eigenvalue weighted by Gasteiger charge is -1.95. The number of hydrogen-bond acceptors (Lipinski definition) is 4. The molecule has 1 fully saturated rings. The predicted molar refractivity (Wildman–Crippen MR) is 57.7 cm³/mol. The molecular formula is C8H11ClN2O2S. The molecule has 0 atom stereocenters. The molecule has 0 unspecified atom stereocenters. The number of nitrogens with zero attached hydrogens (tertiary/aromatic N) is 1. The van der Waals surface area contributed by atoms with Crippen LogP contribution in [0.1, 0.15) is 28.2 Å². The second-order valence-electron chi connectivity index (χ2n) is 3.16. The van der Waals surface area contributed by atoms with Gasteiger partial charge in [-0.25, -0.2) is 9.78 Å². The molecule has 6 heteroatoms. The van der Waals surface area contributed by atoms with Gasteiger partial charge in [0.25, 0.3) is 0 Å². The van der Waals surface area contributed by atoms with Crippen molar-refractivity contribution in [2.45, 2.75) is 25.8 Å².